The first-order valence-corrected chi connectivity index (χ1v) is 12.3. The van der Waals surface area contributed by atoms with Crippen molar-refractivity contribution in [2.75, 3.05) is 30.5 Å². The highest BCUT2D eigenvalue weighted by atomic mass is 16.5. The highest BCUT2D eigenvalue weighted by molar-refractivity contribution is 6.06. The van der Waals surface area contributed by atoms with Crippen LogP contribution >= 0.6 is 0 Å². The number of rotatable bonds is 9. The number of hydrogen-bond donors (Lipinski definition) is 2. The van der Waals surface area contributed by atoms with Crippen LogP contribution in [0.2, 0.25) is 0 Å². The normalized spacial score (nSPS) is 14.9. The number of aromatic hydroxyl groups is 1. The third-order valence-electron chi connectivity index (χ3n) is 6.29. The predicted octanol–water partition coefficient (Wildman–Crippen LogP) is 5.02. The van der Waals surface area contributed by atoms with Crippen molar-refractivity contribution in [1.82, 2.24) is 0 Å². The first-order chi connectivity index (χ1) is 17.9. The van der Waals surface area contributed by atoms with E-state index in [1.807, 2.05) is 19.1 Å². The minimum atomic E-state index is -0.517. The molecule has 1 heterocycles. The Kier molecular flexibility index (Phi) is 8.08. The molecule has 0 saturated carbocycles. The number of carbonyl (C=O) groups excluding carboxylic acids is 3. The second-order valence-electron chi connectivity index (χ2n) is 8.89. The lowest BCUT2D eigenvalue weighted by Gasteiger charge is -2.19. The van der Waals surface area contributed by atoms with E-state index in [4.69, 9.17) is 9.47 Å². The van der Waals surface area contributed by atoms with Gasteiger partial charge in [0.15, 0.2) is 0 Å². The number of ether oxygens (including phenoxy) is 2. The molecule has 0 spiro atoms. The molecule has 192 valence electrons. The Morgan fingerprint density at radius 1 is 1.03 bits per heavy atom. The van der Waals surface area contributed by atoms with Gasteiger partial charge in [0.25, 0.3) is 5.91 Å². The van der Waals surface area contributed by atoms with Crippen LogP contribution in [0.4, 0.5) is 11.4 Å². The predicted molar refractivity (Wildman–Crippen MR) is 141 cm³/mol. The second-order valence-corrected chi connectivity index (χ2v) is 8.89. The molecule has 0 bridgehead atoms. The van der Waals surface area contributed by atoms with Crippen LogP contribution < -0.4 is 15.0 Å². The molecule has 0 aromatic heterocycles. The van der Waals surface area contributed by atoms with E-state index in [0.29, 0.717) is 29.3 Å². The van der Waals surface area contributed by atoms with Crippen LogP contribution in [0.15, 0.2) is 66.7 Å². The van der Waals surface area contributed by atoms with Gasteiger partial charge in [0.1, 0.15) is 11.5 Å². The van der Waals surface area contributed by atoms with Gasteiger partial charge in [-0.05, 0) is 60.0 Å². The standard InChI is InChI=1S/C29H30N2O6/c1-3-4-15-37-29(35)22-16-27(33)31(18-22)23-11-14-26(36-2)25(17-23)30-28(34)21-7-5-19(6-8-21)20-9-12-24(32)13-10-20/h5-14,17,22,32H,3-4,15-16,18H2,1-2H3,(H,30,34). The number of amides is 2. The van der Waals surface area contributed by atoms with E-state index in [1.165, 1.54) is 12.0 Å². The first-order valence-electron chi connectivity index (χ1n) is 12.3. The van der Waals surface area contributed by atoms with E-state index in [1.54, 1.807) is 54.6 Å². The van der Waals surface area contributed by atoms with Gasteiger partial charge in [0.05, 0.1) is 25.3 Å². The Hall–Kier alpha value is -4.33. The number of unbranched alkanes of at least 4 members (excludes halogenated alkanes) is 1. The van der Waals surface area contributed by atoms with Crippen molar-refractivity contribution >= 4 is 29.2 Å². The molecule has 1 atom stereocenters. The van der Waals surface area contributed by atoms with E-state index >= 15 is 0 Å². The Balaban J connectivity index is 1.47. The molecule has 3 aromatic carbocycles. The Morgan fingerprint density at radius 2 is 1.70 bits per heavy atom. The van der Waals surface area contributed by atoms with Crippen LogP contribution in [0, 0.1) is 5.92 Å². The van der Waals surface area contributed by atoms with E-state index in [2.05, 4.69) is 5.32 Å². The topological polar surface area (TPSA) is 105 Å². The second kappa shape index (κ2) is 11.6. The molecule has 0 aliphatic carbocycles. The molecule has 1 saturated heterocycles. The highest BCUT2D eigenvalue weighted by Gasteiger charge is 2.36. The van der Waals surface area contributed by atoms with Crippen molar-refractivity contribution in [3.05, 3.63) is 72.3 Å². The number of phenols is 1. The molecular formula is C29H30N2O6. The summed E-state index contributed by atoms with van der Waals surface area (Å²) in [6.45, 7) is 2.60. The Labute approximate surface area is 215 Å². The Morgan fingerprint density at radius 3 is 2.35 bits per heavy atom. The summed E-state index contributed by atoms with van der Waals surface area (Å²) in [6.07, 6.45) is 1.80. The van der Waals surface area contributed by atoms with Gasteiger partial charge >= 0.3 is 5.97 Å². The molecule has 2 amide bonds. The number of benzene rings is 3. The van der Waals surface area contributed by atoms with Crippen molar-refractivity contribution in [2.45, 2.75) is 26.2 Å². The smallest absolute Gasteiger partial charge is 0.311 e. The van der Waals surface area contributed by atoms with Crippen LogP contribution in [-0.4, -0.2) is 43.2 Å². The molecule has 1 aliphatic rings. The summed E-state index contributed by atoms with van der Waals surface area (Å²) in [7, 11) is 1.50. The highest BCUT2D eigenvalue weighted by Crippen LogP contribution is 2.33. The molecule has 2 N–H and O–H groups in total. The first kappa shape index (κ1) is 25.8. The zero-order valence-electron chi connectivity index (χ0n) is 20.9. The van der Waals surface area contributed by atoms with Gasteiger partial charge < -0.3 is 24.8 Å². The van der Waals surface area contributed by atoms with E-state index in [-0.39, 0.29) is 36.5 Å². The van der Waals surface area contributed by atoms with Gasteiger partial charge in [-0.3, -0.25) is 14.4 Å². The summed E-state index contributed by atoms with van der Waals surface area (Å²) in [5, 5.41) is 12.3. The molecule has 1 fully saturated rings. The number of anilines is 2. The molecule has 1 aliphatic heterocycles. The van der Waals surface area contributed by atoms with Gasteiger partial charge in [-0.25, -0.2) is 0 Å². The molecule has 8 nitrogen and oxygen atoms in total. The number of esters is 1. The lowest BCUT2D eigenvalue weighted by molar-refractivity contribution is -0.148. The number of nitrogens with zero attached hydrogens (tertiary/aromatic N) is 1. The lowest BCUT2D eigenvalue weighted by Crippen LogP contribution is -2.26. The molecule has 37 heavy (non-hydrogen) atoms. The monoisotopic (exact) mass is 502 g/mol. The quantitative estimate of drug-likeness (QED) is 0.315. The van der Waals surface area contributed by atoms with Gasteiger partial charge in [-0.15, -0.1) is 0 Å². The van der Waals surface area contributed by atoms with Crippen molar-refractivity contribution in [3.63, 3.8) is 0 Å². The zero-order chi connectivity index (χ0) is 26.4. The van der Waals surface area contributed by atoms with Crippen molar-refractivity contribution < 1.29 is 29.0 Å². The third-order valence-corrected chi connectivity index (χ3v) is 6.29. The maximum atomic E-state index is 13.0. The maximum Gasteiger partial charge on any atom is 0.311 e. The molecule has 3 aromatic rings. The lowest BCUT2D eigenvalue weighted by atomic mass is 10.0. The molecule has 8 heteroatoms. The maximum absolute atomic E-state index is 13.0. The average molecular weight is 503 g/mol. The number of carbonyl (C=O) groups is 3. The molecular weight excluding hydrogens is 472 g/mol. The summed E-state index contributed by atoms with van der Waals surface area (Å²) in [5.74, 6) is -0.754. The van der Waals surface area contributed by atoms with Crippen LogP contribution in [0.1, 0.15) is 36.5 Å². The van der Waals surface area contributed by atoms with Gasteiger partial charge in [0.2, 0.25) is 5.91 Å². The Bertz CT molecular complexity index is 1270. The number of hydrogen-bond acceptors (Lipinski definition) is 6. The third kappa shape index (κ3) is 6.09. The number of phenolic OH excluding ortho intramolecular Hbond substituents is 1. The van der Waals surface area contributed by atoms with Gasteiger partial charge in [-0.2, -0.15) is 0 Å². The minimum absolute atomic E-state index is 0.0893. The average Bonchev–Trinajstić information content (AvgIpc) is 3.31. The van der Waals surface area contributed by atoms with Crippen molar-refractivity contribution in [3.8, 4) is 22.6 Å². The van der Waals surface area contributed by atoms with Crippen LogP contribution in [0.25, 0.3) is 11.1 Å². The largest absolute Gasteiger partial charge is 0.508 e. The zero-order valence-corrected chi connectivity index (χ0v) is 20.9. The van der Waals surface area contributed by atoms with E-state index in [0.717, 1.165) is 24.0 Å². The van der Waals surface area contributed by atoms with Crippen molar-refractivity contribution in [2.24, 2.45) is 5.92 Å². The molecule has 1 unspecified atom stereocenters. The van der Waals surface area contributed by atoms with Gasteiger partial charge in [-0.1, -0.05) is 37.6 Å². The van der Waals surface area contributed by atoms with E-state index < -0.39 is 5.92 Å². The molecule has 0 radical (unpaired) electrons. The SMILES string of the molecule is CCCCOC(=O)C1CC(=O)N(c2ccc(OC)c(NC(=O)c3ccc(-c4ccc(O)cc4)cc3)c2)C1. The molecule has 4 rings (SSSR count). The van der Waals surface area contributed by atoms with E-state index in [9.17, 15) is 19.5 Å². The summed E-state index contributed by atoms with van der Waals surface area (Å²) < 4.78 is 10.7. The van der Waals surface area contributed by atoms with Crippen molar-refractivity contribution in [1.29, 1.82) is 0 Å². The summed E-state index contributed by atoms with van der Waals surface area (Å²) >= 11 is 0. The number of nitrogens with one attached hydrogen (secondary N) is 1. The van der Waals surface area contributed by atoms with Gasteiger partial charge in [0, 0.05) is 24.2 Å². The summed E-state index contributed by atoms with van der Waals surface area (Å²) in [6, 6.07) is 19.0. The van der Waals surface area contributed by atoms with Crippen LogP contribution in [0.5, 0.6) is 11.5 Å². The summed E-state index contributed by atoms with van der Waals surface area (Å²) in [5.41, 5.74) is 3.25. The summed E-state index contributed by atoms with van der Waals surface area (Å²) in [4.78, 5) is 39.6. The van der Waals surface area contributed by atoms with Crippen LogP contribution in [0.3, 0.4) is 0 Å². The number of methoxy groups -OCH3 is 1. The fourth-order valence-electron chi connectivity index (χ4n) is 4.17. The minimum Gasteiger partial charge on any atom is -0.508 e. The fourth-order valence-corrected chi connectivity index (χ4v) is 4.17. The fraction of sp³-hybridized carbons (Fsp3) is 0.276. The van der Waals surface area contributed by atoms with Crippen LogP contribution in [-0.2, 0) is 14.3 Å².